The first-order valence-corrected chi connectivity index (χ1v) is 7.62. The van der Waals surface area contributed by atoms with E-state index in [0.29, 0.717) is 23.6 Å². The smallest absolute Gasteiger partial charge is 0.136 e. The number of unbranched alkanes of at least 4 members (excludes halogenated alkanes) is 2. The van der Waals surface area contributed by atoms with Crippen LogP contribution in [0.25, 0.3) is 11.3 Å². The maximum absolute atomic E-state index is 14.2. The molecule has 0 atom stereocenters. The largest absolute Gasteiger partial charge is 0.493 e. The Bertz CT molecular complexity index is 566. The molecule has 21 heavy (non-hydrogen) atoms. The summed E-state index contributed by atoms with van der Waals surface area (Å²) in [6.45, 7) is 4.85. The first-order chi connectivity index (χ1) is 10.2. The van der Waals surface area contributed by atoms with Crippen LogP contribution in [0.2, 0.25) is 0 Å². The summed E-state index contributed by atoms with van der Waals surface area (Å²) in [6.07, 6.45) is 6.01. The maximum atomic E-state index is 14.2. The molecule has 0 amide bonds. The van der Waals surface area contributed by atoms with Crippen molar-refractivity contribution in [1.82, 2.24) is 4.98 Å². The molecule has 3 heteroatoms. The highest BCUT2D eigenvalue weighted by Gasteiger charge is 2.08. The molecule has 2 aromatic rings. The number of ether oxygens (including phenoxy) is 1. The van der Waals surface area contributed by atoms with Gasteiger partial charge in [0.25, 0.3) is 0 Å². The van der Waals surface area contributed by atoms with E-state index in [2.05, 4.69) is 18.8 Å². The van der Waals surface area contributed by atoms with Crippen LogP contribution in [0.1, 0.15) is 38.7 Å². The topological polar surface area (TPSA) is 22.1 Å². The van der Waals surface area contributed by atoms with E-state index in [4.69, 9.17) is 4.74 Å². The number of aromatic nitrogens is 1. The Hall–Kier alpha value is -1.90. The van der Waals surface area contributed by atoms with Gasteiger partial charge in [-0.3, -0.25) is 4.98 Å². The monoisotopic (exact) mass is 287 g/mol. The van der Waals surface area contributed by atoms with E-state index in [1.165, 1.54) is 6.07 Å². The lowest BCUT2D eigenvalue weighted by molar-refractivity contribution is 0.305. The average molecular weight is 287 g/mol. The minimum atomic E-state index is -0.292. The number of aryl methyl sites for hydroxylation is 1. The molecule has 0 aliphatic carbocycles. The Morgan fingerprint density at radius 2 is 1.95 bits per heavy atom. The second-order valence-corrected chi connectivity index (χ2v) is 5.10. The van der Waals surface area contributed by atoms with Crippen molar-refractivity contribution in [1.29, 1.82) is 0 Å². The minimum absolute atomic E-state index is 0.292. The Morgan fingerprint density at radius 1 is 1.10 bits per heavy atom. The van der Waals surface area contributed by atoms with Crippen molar-refractivity contribution in [2.24, 2.45) is 0 Å². The third-order valence-corrected chi connectivity index (χ3v) is 3.47. The molecule has 0 spiro atoms. The average Bonchev–Trinajstić information content (AvgIpc) is 2.52. The molecule has 1 heterocycles. The Morgan fingerprint density at radius 3 is 2.57 bits per heavy atom. The molecular weight excluding hydrogens is 265 g/mol. The number of nitrogens with zero attached hydrogens (tertiary/aromatic N) is 1. The number of hydrogen-bond donors (Lipinski definition) is 0. The highest BCUT2D eigenvalue weighted by atomic mass is 19.1. The molecule has 0 aliphatic heterocycles. The van der Waals surface area contributed by atoms with Crippen molar-refractivity contribution in [3.63, 3.8) is 0 Å². The highest BCUT2D eigenvalue weighted by molar-refractivity contribution is 5.61. The van der Waals surface area contributed by atoms with Gasteiger partial charge in [-0.2, -0.15) is 0 Å². The molecule has 0 N–H and O–H groups in total. The van der Waals surface area contributed by atoms with E-state index in [1.54, 1.807) is 18.3 Å². The summed E-state index contributed by atoms with van der Waals surface area (Å²) >= 11 is 0. The van der Waals surface area contributed by atoms with Crippen LogP contribution in [-0.2, 0) is 6.42 Å². The van der Waals surface area contributed by atoms with Gasteiger partial charge in [-0.1, -0.05) is 32.8 Å². The SMILES string of the molecule is CCCCCOc1ccc(-c2ccc(CC)cn2)c(F)c1. The summed E-state index contributed by atoms with van der Waals surface area (Å²) in [6, 6.07) is 8.82. The van der Waals surface area contributed by atoms with Crippen LogP contribution in [0.15, 0.2) is 36.5 Å². The van der Waals surface area contributed by atoms with Gasteiger partial charge in [0.2, 0.25) is 0 Å². The van der Waals surface area contributed by atoms with Gasteiger partial charge in [0.15, 0.2) is 0 Å². The highest BCUT2D eigenvalue weighted by Crippen LogP contribution is 2.25. The van der Waals surface area contributed by atoms with Gasteiger partial charge >= 0.3 is 0 Å². The van der Waals surface area contributed by atoms with E-state index in [0.717, 1.165) is 31.2 Å². The predicted octanol–water partition coefficient (Wildman–Crippen LogP) is 5.02. The number of rotatable bonds is 7. The number of hydrogen-bond acceptors (Lipinski definition) is 2. The van der Waals surface area contributed by atoms with Gasteiger partial charge in [0.1, 0.15) is 11.6 Å². The lowest BCUT2D eigenvalue weighted by Gasteiger charge is -2.08. The Balaban J connectivity index is 2.07. The van der Waals surface area contributed by atoms with Crippen molar-refractivity contribution >= 4 is 0 Å². The van der Waals surface area contributed by atoms with Crippen molar-refractivity contribution in [3.05, 3.63) is 47.9 Å². The first-order valence-electron chi connectivity index (χ1n) is 7.62. The zero-order valence-corrected chi connectivity index (χ0v) is 12.7. The molecule has 0 bridgehead atoms. The van der Waals surface area contributed by atoms with E-state index in [-0.39, 0.29) is 5.82 Å². The Labute approximate surface area is 126 Å². The van der Waals surface area contributed by atoms with Crippen LogP contribution in [0.5, 0.6) is 5.75 Å². The van der Waals surface area contributed by atoms with E-state index in [9.17, 15) is 4.39 Å². The zero-order chi connectivity index (χ0) is 15.1. The third kappa shape index (κ3) is 4.28. The molecule has 0 radical (unpaired) electrons. The normalized spacial score (nSPS) is 10.6. The van der Waals surface area contributed by atoms with Crippen LogP contribution < -0.4 is 4.74 Å². The van der Waals surface area contributed by atoms with Crippen molar-refractivity contribution < 1.29 is 9.13 Å². The van der Waals surface area contributed by atoms with Gasteiger partial charge in [0.05, 0.1) is 12.3 Å². The fraction of sp³-hybridized carbons (Fsp3) is 0.389. The molecule has 2 rings (SSSR count). The van der Waals surface area contributed by atoms with Crippen LogP contribution in [0.4, 0.5) is 4.39 Å². The van der Waals surface area contributed by atoms with Crippen LogP contribution in [0.3, 0.4) is 0 Å². The molecule has 0 fully saturated rings. The summed E-state index contributed by atoms with van der Waals surface area (Å²) in [4.78, 5) is 4.32. The molecule has 2 nitrogen and oxygen atoms in total. The molecule has 112 valence electrons. The quantitative estimate of drug-likeness (QED) is 0.667. The second-order valence-electron chi connectivity index (χ2n) is 5.10. The predicted molar refractivity (Wildman–Crippen MR) is 84.0 cm³/mol. The van der Waals surface area contributed by atoms with Crippen LogP contribution >= 0.6 is 0 Å². The fourth-order valence-electron chi connectivity index (χ4n) is 2.13. The number of halogens is 1. The van der Waals surface area contributed by atoms with Crippen LogP contribution in [-0.4, -0.2) is 11.6 Å². The van der Waals surface area contributed by atoms with Crippen molar-refractivity contribution in [2.45, 2.75) is 39.5 Å². The van der Waals surface area contributed by atoms with E-state index < -0.39 is 0 Å². The molecule has 0 aliphatic rings. The summed E-state index contributed by atoms with van der Waals surface area (Å²) < 4.78 is 19.7. The standard InChI is InChI=1S/C18H22FNO/c1-3-5-6-11-21-15-8-9-16(17(19)12-15)18-10-7-14(4-2)13-20-18/h7-10,12-13H,3-6,11H2,1-2H3. The summed E-state index contributed by atoms with van der Waals surface area (Å²) in [5.41, 5.74) is 2.32. The van der Waals surface area contributed by atoms with Gasteiger partial charge in [-0.25, -0.2) is 4.39 Å². The second kappa shape index (κ2) is 7.77. The van der Waals surface area contributed by atoms with E-state index in [1.807, 2.05) is 12.1 Å². The summed E-state index contributed by atoms with van der Waals surface area (Å²) in [5, 5.41) is 0. The van der Waals surface area contributed by atoms with Gasteiger partial charge < -0.3 is 4.74 Å². The first kappa shape index (κ1) is 15.5. The molecule has 0 unspecified atom stereocenters. The third-order valence-electron chi connectivity index (χ3n) is 3.47. The van der Waals surface area contributed by atoms with Gasteiger partial charge in [-0.15, -0.1) is 0 Å². The summed E-state index contributed by atoms with van der Waals surface area (Å²) in [5.74, 6) is 0.289. The minimum Gasteiger partial charge on any atom is -0.493 e. The zero-order valence-electron chi connectivity index (χ0n) is 12.7. The maximum Gasteiger partial charge on any atom is 0.136 e. The van der Waals surface area contributed by atoms with Crippen molar-refractivity contribution in [3.8, 4) is 17.0 Å². The summed E-state index contributed by atoms with van der Waals surface area (Å²) in [7, 11) is 0. The molecule has 1 aromatic carbocycles. The molecular formula is C18H22FNO. The lowest BCUT2D eigenvalue weighted by atomic mass is 10.1. The molecule has 0 saturated carbocycles. The van der Waals surface area contributed by atoms with Gasteiger partial charge in [0, 0.05) is 17.8 Å². The van der Waals surface area contributed by atoms with Gasteiger partial charge in [-0.05, 0) is 36.6 Å². The Kier molecular flexibility index (Phi) is 5.73. The lowest BCUT2D eigenvalue weighted by Crippen LogP contribution is -1.98. The number of pyridine rings is 1. The molecule has 1 aromatic heterocycles. The number of benzene rings is 1. The van der Waals surface area contributed by atoms with Crippen LogP contribution in [0, 0.1) is 5.82 Å². The molecule has 0 saturated heterocycles. The fourth-order valence-corrected chi connectivity index (χ4v) is 2.13. The van der Waals surface area contributed by atoms with E-state index >= 15 is 0 Å². The van der Waals surface area contributed by atoms with Crippen molar-refractivity contribution in [2.75, 3.05) is 6.61 Å².